The molecule has 33 heavy (non-hydrogen) atoms. The summed E-state index contributed by atoms with van der Waals surface area (Å²) in [7, 11) is -1.53. The van der Waals surface area contributed by atoms with E-state index in [0.29, 0.717) is 5.04 Å². The zero-order chi connectivity index (χ0) is 24.7. The van der Waals surface area contributed by atoms with E-state index >= 15 is 0 Å². The van der Waals surface area contributed by atoms with Crippen LogP contribution in [0.1, 0.15) is 162 Å². The normalized spacial score (nSPS) is 12.2. The van der Waals surface area contributed by atoms with Gasteiger partial charge in [0.25, 0.3) is 0 Å². The molecule has 0 rings (SSSR count). The summed E-state index contributed by atoms with van der Waals surface area (Å²) >= 11 is 0. The fourth-order valence-corrected chi connectivity index (χ4v) is 5.32. The van der Waals surface area contributed by atoms with Crippen molar-refractivity contribution in [2.24, 2.45) is 0 Å². The van der Waals surface area contributed by atoms with Crippen LogP contribution in [0, 0.1) is 12.3 Å². The highest BCUT2D eigenvalue weighted by atomic mass is 28.4. The Kier molecular flexibility index (Phi) is 22.0. The molecule has 0 fully saturated rings. The molecule has 2 heteroatoms. The second-order valence-corrected chi connectivity index (χ2v) is 16.8. The third-order valence-corrected chi connectivity index (χ3v) is 12.3. The highest BCUT2D eigenvalue weighted by Crippen LogP contribution is 2.36. The third kappa shape index (κ3) is 22.0. The zero-order valence-electron chi connectivity index (χ0n) is 23.7. The van der Waals surface area contributed by atoms with E-state index in [1.54, 1.807) is 0 Å². The van der Waals surface area contributed by atoms with Gasteiger partial charge in [-0.1, -0.05) is 143 Å². The molecule has 0 aliphatic heterocycles. The van der Waals surface area contributed by atoms with Gasteiger partial charge in [0.15, 0.2) is 8.32 Å². The molecule has 0 aliphatic carbocycles. The lowest BCUT2D eigenvalue weighted by atomic mass is 10.0. The molecule has 0 aromatic heterocycles. The Morgan fingerprint density at radius 3 is 1.06 bits per heavy atom. The van der Waals surface area contributed by atoms with Crippen LogP contribution in [0.5, 0.6) is 0 Å². The van der Waals surface area contributed by atoms with Crippen LogP contribution in [0.2, 0.25) is 18.1 Å². The summed E-state index contributed by atoms with van der Waals surface area (Å²) < 4.78 is 6.28. The van der Waals surface area contributed by atoms with E-state index in [9.17, 15) is 0 Å². The van der Waals surface area contributed by atoms with Crippen LogP contribution in [-0.4, -0.2) is 14.9 Å². The fraction of sp³-hybridized carbons (Fsp3) is 0.935. The van der Waals surface area contributed by atoms with Crippen LogP contribution >= 0.6 is 0 Å². The summed E-state index contributed by atoms with van der Waals surface area (Å²) in [6, 6.07) is 0. The van der Waals surface area contributed by atoms with E-state index in [0.717, 1.165) is 13.0 Å². The van der Waals surface area contributed by atoms with Crippen molar-refractivity contribution >= 4 is 8.32 Å². The minimum absolute atomic E-state index is 0.343. The van der Waals surface area contributed by atoms with Crippen molar-refractivity contribution in [3.8, 4) is 12.3 Å². The van der Waals surface area contributed by atoms with Crippen molar-refractivity contribution in [3.05, 3.63) is 0 Å². The third-order valence-electron chi connectivity index (χ3n) is 7.73. The van der Waals surface area contributed by atoms with Crippen molar-refractivity contribution in [1.29, 1.82) is 0 Å². The molecule has 0 amide bonds. The number of terminal acetylenes is 1. The van der Waals surface area contributed by atoms with Gasteiger partial charge in [0.05, 0.1) is 0 Å². The van der Waals surface area contributed by atoms with Gasteiger partial charge in [-0.05, 0) is 31.0 Å². The molecule has 196 valence electrons. The standard InChI is InChI=1S/C31H62OSi/c1-7-8-9-10-11-12-13-14-15-16-17-18-19-20-21-22-23-24-25-26-27-28-29-30-32-33(5,6)31(2,3)4/h1H,8-30H2,2-6H3. The maximum absolute atomic E-state index is 6.28. The lowest BCUT2D eigenvalue weighted by molar-refractivity contribution is 0.277. The second kappa shape index (κ2) is 22.2. The Morgan fingerprint density at radius 2 is 0.788 bits per heavy atom. The summed E-state index contributed by atoms with van der Waals surface area (Å²) in [4.78, 5) is 0. The van der Waals surface area contributed by atoms with E-state index < -0.39 is 8.32 Å². The van der Waals surface area contributed by atoms with E-state index in [1.165, 1.54) is 135 Å². The molecular weight excluding hydrogens is 416 g/mol. The summed E-state index contributed by atoms with van der Waals surface area (Å²) in [6.07, 6.45) is 35.9. The molecule has 1 nitrogen and oxygen atoms in total. The maximum Gasteiger partial charge on any atom is 0.191 e. The molecule has 0 unspecified atom stereocenters. The average molecular weight is 479 g/mol. The monoisotopic (exact) mass is 478 g/mol. The van der Waals surface area contributed by atoms with Crippen LogP contribution < -0.4 is 0 Å². The zero-order valence-corrected chi connectivity index (χ0v) is 24.7. The van der Waals surface area contributed by atoms with Gasteiger partial charge in [-0.3, -0.25) is 0 Å². The van der Waals surface area contributed by atoms with E-state index in [1.807, 2.05) is 0 Å². The van der Waals surface area contributed by atoms with Crippen LogP contribution in [0.15, 0.2) is 0 Å². The first-order valence-corrected chi connectivity index (χ1v) is 17.8. The van der Waals surface area contributed by atoms with Gasteiger partial charge in [0, 0.05) is 13.0 Å². The second-order valence-electron chi connectivity index (χ2n) is 12.0. The number of rotatable bonds is 24. The maximum atomic E-state index is 6.28. The molecule has 0 saturated carbocycles. The summed E-state index contributed by atoms with van der Waals surface area (Å²) in [5.41, 5.74) is 0. The molecule has 0 bridgehead atoms. The first kappa shape index (κ1) is 32.7. The first-order valence-electron chi connectivity index (χ1n) is 14.9. The van der Waals surface area contributed by atoms with Crippen molar-refractivity contribution in [2.45, 2.75) is 180 Å². The molecule has 0 atom stereocenters. The van der Waals surface area contributed by atoms with Gasteiger partial charge in [-0.2, -0.15) is 0 Å². The lowest BCUT2D eigenvalue weighted by Gasteiger charge is -2.36. The SMILES string of the molecule is C#CCCCCCCCCCCCCCCCCCCCCCCCO[Si](C)(C)C(C)(C)C. The van der Waals surface area contributed by atoms with Crippen molar-refractivity contribution in [3.63, 3.8) is 0 Å². The van der Waals surface area contributed by atoms with E-state index in [-0.39, 0.29) is 0 Å². The molecular formula is C31H62OSi. The molecule has 0 aromatic carbocycles. The summed E-state index contributed by atoms with van der Waals surface area (Å²) in [5, 5.41) is 0.343. The Hall–Kier alpha value is -0.263. The topological polar surface area (TPSA) is 9.23 Å². The van der Waals surface area contributed by atoms with Gasteiger partial charge in [-0.15, -0.1) is 12.3 Å². The van der Waals surface area contributed by atoms with Crippen molar-refractivity contribution in [2.75, 3.05) is 6.61 Å². The molecule has 0 spiro atoms. The predicted octanol–water partition coefficient (Wildman–Crippen LogP) is 11.2. The highest BCUT2D eigenvalue weighted by Gasteiger charge is 2.36. The molecule has 0 N–H and O–H groups in total. The Labute approximate surface area is 211 Å². The molecule has 0 aromatic rings. The summed E-state index contributed by atoms with van der Waals surface area (Å²) in [6.45, 7) is 12.7. The molecule has 0 radical (unpaired) electrons. The van der Waals surface area contributed by atoms with Gasteiger partial charge in [0.1, 0.15) is 0 Å². The number of hydrogen-bond donors (Lipinski definition) is 0. The molecule has 0 saturated heterocycles. The quantitative estimate of drug-likeness (QED) is 0.0761. The van der Waals surface area contributed by atoms with Gasteiger partial charge in [-0.25, -0.2) is 0 Å². The largest absolute Gasteiger partial charge is 0.417 e. The fourth-order valence-electron chi connectivity index (χ4n) is 4.23. The van der Waals surface area contributed by atoms with Gasteiger partial charge in [0.2, 0.25) is 0 Å². The first-order chi connectivity index (χ1) is 15.8. The van der Waals surface area contributed by atoms with Gasteiger partial charge < -0.3 is 4.43 Å². The number of hydrogen-bond acceptors (Lipinski definition) is 1. The van der Waals surface area contributed by atoms with Crippen LogP contribution in [0.25, 0.3) is 0 Å². The smallest absolute Gasteiger partial charge is 0.191 e. The van der Waals surface area contributed by atoms with E-state index in [4.69, 9.17) is 10.8 Å². The highest BCUT2D eigenvalue weighted by molar-refractivity contribution is 6.74. The Morgan fingerprint density at radius 1 is 0.515 bits per heavy atom. The lowest BCUT2D eigenvalue weighted by Crippen LogP contribution is -2.40. The Balaban J connectivity index is 3.16. The minimum atomic E-state index is -1.53. The Bertz CT molecular complexity index is 443. The van der Waals surface area contributed by atoms with Crippen LogP contribution in [-0.2, 0) is 4.43 Å². The van der Waals surface area contributed by atoms with Crippen molar-refractivity contribution in [1.82, 2.24) is 0 Å². The van der Waals surface area contributed by atoms with E-state index in [2.05, 4.69) is 39.8 Å². The number of unbranched alkanes of at least 4 members (excludes halogenated alkanes) is 21. The predicted molar refractivity (Wildman–Crippen MR) is 154 cm³/mol. The molecule has 0 aliphatic rings. The average Bonchev–Trinajstić information content (AvgIpc) is 2.76. The van der Waals surface area contributed by atoms with Crippen molar-refractivity contribution < 1.29 is 4.43 Å². The molecule has 0 heterocycles. The van der Waals surface area contributed by atoms with Crippen LogP contribution in [0.4, 0.5) is 0 Å². The summed E-state index contributed by atoms with van der Waals surface area (Å²) in [5.74, 6) is 2.74. The van der Waals surface area contributed by atoms with Crippen LogP contribution in [0.3, 0.4) is 0 Å². The van der Waals surface area contributed by atoms with Gasteiger partial charge >= 0.3 is 0 Å². The minimum Gasteiger partial charge on any atom is -0.417 e.